The lowest BCUT2D eigenvalue weighted by molar-refractivity contribution is 0.0775. The summed E-state index contributed by atoms with van der Waals surface area (Å²) in [5, 5.41) is 5.80. The second kappa shape index (κ2) is 6.92. The van der Waals surface area contributed by atoms with Crippen molar-refractivity contribution in [3.63, 3.8) is 0 Å². The minimum atomic E-state index is -0.0139. The molecule has 0 bridgehead atoms. The van der Waals surface area contributed by atoms with E-state index in [1.54, 1.807) is 7.11 Å². The van der Waals surface area contributed by atoms with E-state index >= 15 is 0 Å². The van der Waals surface area contributed by atoms with Crippen LogP contribution in [0.3, 0.4) is 0 Å². The zero-order chi connectivity index (χ0) is 15.3. The maximum atomic E-state index is 6.18. The first-order chi connectivity index (χ1) is 9.99. The molecule has 0 heterocycles. The molecule has 2 aromatic rings. The molecule has 2 rings (SSSR count). The fraction of sp³-hybridized carbons (Fsp3) is 0.444. The number of fused-ring (bicyclic) bond motifs is 1. The van der Waals surface area contributed by atoms with Crippen LogP contribution in [0.4, 0.5) is 0 Å². The van der Waals surface area contributed by atoms with Crippen LogP contribution in [0.25, 0.3) is 10.8 Å². The molecule has 0 spiro atoms. The van der Waals surface area contributed by atoms with Crippen molar-refractivity contribution in [1.82, 2.24) is 5.32 Å². The highest BCUT2D eigenvalue weighted by atomic mass is 16.5. The first-order valence-electron chi connectivity index (χ1n) is 7.38. The molecule has 1 atom stereocenters. The quantitative estimate of drug-likeness (QED) is 0.880. The van der Waals surface area contributed by atoms with Crippen LogP contribution < -0.4 is 10.1 Å². The summed E-state index contributed by atoms with van der Waals surface area (Å²) in [6.45, 7) is 7.76. The van der Waals surface area contributed by atoms with Crippen LogP contribution in [0.5, 0.6) is 5.75 Å². The molecule has 0 saturated carbocycles. The van der Waals surface area contributed by atoms with Crippen LogP contribution in [-0.2, 0) is 4.74 Å². The highest BCUT2D eigenvalue weighted by Crippen LogP contribution is 2.26. The van der Waals surface area contributed by atoms with Crippen molar-refractivity contribution < 1.29 is 9.47 Å². The van der Waals surface area contributed by atoms with Gasteiger partial charge in [-0.1, -0.05) is 36.4 Å². The molecule has 2 aromatic carbocycles. The van der Waals surface area contributed by atoms with E-state index < -0.39 is 0 Å². The Morgan fingerprint density at radius 1 is 1.05 bits per heavy atom. The Morgan fingerprint density at radius 3 is 2.48 bits per heavy atom. The predicted molar refractivity (Wildman–Crippen MR) is 88.0 cm³/mol. The van der Waals surface area contributed by atoms with Gasteiger partial charge in [-0.25, -0.2) is 0 Å². The van der Waals surface area contributed by atoms with Crippen LogP contribution in [0, 0.1) is 0 Å². The normalized spacial score (nSPS) is 13.3. The third-order valence-corrected chi connectivity index (χ3v) is 3.26. The Balaban J connectivity index is 2.15. The molecule has 3 heteroatoms. The van der Waals surface area contributed by atoms with Crippen LogP contribution in [-0.4, -0.2) is 31.9 Å². The Morgan fingerprint density at radius 2 is 1.76 bits per heavy atom. The van der Waals surface area contributed by atoms with Gasteiger partial charge in [0.15, 0.2) is 0 Å². The van der Waals surface area contributed by atoms with Crippen molar-refractivity contribution in [2.75, 3.05) is 20.3 Å². The van der Waals surface area contributed by atoms with Gasteiger partial charge in [-0.15, -0.1) is 0 Å². The van der Waals surface area contributed by atoms with Crippen LogP contribution in [0.15, 0.2) is 42.5 Å². The highest BCUT2D eigenvalue weighted by molar-refractivity contribution is 5.88. The molecule has 0 aliphatic heterocycles. The third-order valence-electron chi connectivity index (χ3n) is 3.26. The molecule has 0 amide bonds. The zero-order valence-corrected chi connectivity index (χ0v) is 13.3. The number of ether oxygens (including phenoxy) is 2. The molecule has 0 aliphatic rings. The molecule has 0 fully saturated rings. The zero-order valence-electron chi connectivity index (χ0n) is 13.3. The van der Waals surface area contributed by atoms with Gasteiger partial charge in [0, 0.05) is 24.6 Å². The number of methoxy groups -OCH3 is 1. The maximum Gasteiger partial charge on any atom is 0.134 e. The van der Waals surface area contributed by atoms with Crippen molar-refractivity contribution in [2.24, 2.45) is 0 Å². The van der Waals surface area contributed by atoms with E-state index in [0.29, 0.717) is 6.61 Å². The molecule has 0 aliphatic carbocycles. The molecule has 3 nitrogen and oxygen atoms in total. The van der Waals surface area contributed by atoms with Crippen LogP contribution >= 0.6 is 0 Å². The topological polar surface area (TPSA) is 30.5 Å². The molecular formula is C18H25NO2. The van der Waals surface area contributed by atoms with Crippen molar-refractivity contribution in [1.29, 1.82) is 0 Å². The van der Waals surface area contributed by atoms with E-state index in [1.807, 2.05) is 24.3 Å². The van der Waals surface area contributed by atoms with Crippen molar-refractivity contribution in [2.45, 2.75) is 32.4 Å². The Kier molecular flexibility index (Phi) is 5.21. The van der Waals surface area contributed by atoms with Crippen molar-refractivity contribution >= 4 is 10.8 Å². The summed E-state index contributed by atoms with van der Waals surface area (Å²) in [7, 11) is 1.70. The lowest BCUT2D eigenvalue weighted by Crippen LogP contribution is -2.44. The Bertz CT molecular complexity index is 569. The van der Waals surface area contributed by atoms with Gasteiger partial charge in [-0.2, -0.15) is 0 Å². The fourth-order valence-corrected chi connectivity index (χ4v) is 2.22. The first kappa shape index (κ1) is 15.8. The highest BCUT2D eigenvalue weighted by Gasteiger charge is 2.16. The van der Waals surface area contributed by atoms with Gasteiger partial charge in [0.1, 0.15) is 11.9 Å². The Hall–Kier alpha value is -1.58. The van der Waals surface area contributed by atoms with Gasteiger partial charge in [-0.3, -0.25) is 0 Å². The molecule has 0 saturated heterocycles. The lowest BCUT2D eigenvalue weighted by Gasteiger charge is -2.26. The number of benzene rings is 2. The minimum absolute atomic E-state index is 0.0139. The van der Waals surface area contributed by atoms with E-state index in [0.717, 1.165) is 17.7 Å². The van der Waals surface area contributed by atoms with Gasteiger partial charge in [0.25, 0.3) is 0 Å². The molecular weight excluding hydrogens is 262 g/mol. The van der Waals surface area contributed by atoms with Crippen molar-refractivity contribution in [3.8, 4) is 5.75 Å². The molecule has 0 radical (unpaired) electrons. The maximum absolute atomic E-state index is 6.18. The van der Waals surface area contributed by atoms with E-state index in [1.165, 1.54) is 5.39 Å². The van der Waals surface area contributed by atoms with Gasteiger partial charge < -0.3 is 14.8 Å². The number of rotatable bonds is 6. The predicted octanol–water partition coefficient (Wildman–Crippen LogP) is 3.62. The summed E-state index contributed by atoms with van der Waals surface area (Å²) in [6, 6.07) is 14.4. The van der Waals surface area contributed by atoms with Crippen LogP contribution in [0.1, 0.15) is 20.8 Å². The average Bonchev–Trinajstić information content (AvgIpc) is 2.44. The monoisotopic (exact) mass is 287 g/mol. The van der Waals surface area contributed by atoms with Gasteiger partial charge >= 0.3 is 0 Å². The average molecular weight is 287 g/mol. The smallest absolute Gasteiger partial charge is 0.134 e. The Labute approximate surface area is 127 Å². The summed E-state index contributed by atoms with van der Waals surface area (Å²) in [6.07, 6.45) is -0.0139. The number of hydrogen-bond donors (Lipinski definition) is 1. The van der Waals surface area contributed by atoms with Gasteiger partial charge in [0.2, 0.25) is 0 Å². The molecule has 114 valence electrons. The summed E-state index contributed by atoms with van der Waals surface area (Å²) in [5.74, 6) is 0.908. The van der Waals surface area contributed by atoms with Crippen LogP contribution in [0.2, 0.25) is 0 Å². The minimum Gasteiger partial charge on any atom is -0.486 e. The summed E-state index contributed by atoms with van der Waals surface area (Å²) in [5.41, 5.74) is 0.0636. The number of nitrogens with one attached hydrogen (secondary N) is 1. The van der Waals surface area contributed by atoms with E-state index in [9.17, 15) is 0 Å². The summed E-state index contributed by atoms with van der Waals surface area (Å²) in [4.78, 5) is 0. The number of hydrogen-bond acceptors (Lipinski definition) is 3. The molecule has 1 unspecified atom stereocenters. The second-order valence-corrected chi connectivity index (χ2v) is 6.30. The first-order valence-corrected chi connectivity index (χ1v) is 7.38. The SMILES string of the molecule is COCC(CNC(C)(C)C)Oc1cccc2ccccc12. The molecule has 0 aromatic heterocycles. The van der Waals surface area contributed by atoms with Gasteiger partial charge in [-0.05, 0) is 32.2 Å². The van der Waals surface area contributed by atoms with E-state index in [4.69, 9.17) is 9.47 Å². The second-order valence-electron chi connectivity index (χ2n) is 6.30. The summed E-state index contributed by atoms with van der Waals surface area (Å²) >= 11 is 0. The van der Waals surface area contributed by atoms with Crippen molar-refractivity contribution in [3.05, 3.63) is 42.5 Å². The molecule has 1 N–H and O–H groups in total. The summed E-state index contributed by atoms with van der Waals surface area (Å²) < 4.78 is 11.5. The molecule has 21 heavy (non-hydrogen) atoms. The largest absolute Gasteiger partial charge is 0.486 e. The van der Waals surface area contributed by atoms with Gasteiger partial charge in [0.05, 0.1) is 6.61 Å². The fourth-order valence-electron chi connectivity index (χ4n) is 2.22. The van der Waals surface area contributed by atoms with E-state index in [2.05, 4.69) is 44.3 Å². The van der Waals surface area contributed by atoms with E-state index in [-0.39, 0.29) is 11.6 Å². The standard InChI is InChI=1S/C18H25NO2/c1-18(2,3)19-12-15(13-20-4)21-17-11-7-9-14-8-5-6-10-16(14)17/h5-11,15,19H,12-13H2,1-4H3. The third kappa shape index (κ3) is 4.73. The lowest BCUT2D eigenvalue weighted by atomic mass is 10.1.